The van der Waals surface area contributed by atoms with Gasteiger partial charge in [0.05, 0.1) is 23.1 Å². The lowest BCUT2D eigenvalue weighted by Crippen LogP contribution is -2.59. The summed E-state index contributed by atoms with van der Waals surface area (Å²) in [7, 11) is -3.50. The van der Waals surface area contributed by atoms with Crippen LogP contribution < -0.4 is 0 Å². The van der Waals surface area contributed by atoms with Gasteiger partial charge in [-0.1, -0.05) is 68.2 Å². The zero-order valence-electron chi connectivity index (χ0n) is 20.9. The lowest BCUT2D eigenvalue weighted by molar-refractivity contribution is -0.160. The number of halogens is 2. The second kappa shape index (κ2) is 11.1. The van der Waals surface area contributed by atoms with E-state index in [9.17, 15) is 23.1 Å². The normalized spacial score (nSPS) is 24.4. The SMILES string of the molecule is CC[C@@H]([C@@H](C)S(=O)(=O)CC)N1C(=O)[C@](C)(CC(=O)O)C[C@H](c2cccc(Cl)c2)[C@H]1c1ccc(Cl)cc1. The van der Waals surface area contributed by atoms with E-state index in [1.807, 2.05) is 37.3 Å². The minimum atomic E-state index is -3.50. The molecule has 6 nitrogen and oxygen atoms in total. The maximum Gasteiger partial charge on any atom is 0.304 e. The van der Waals surface area contributed by atoms with Crippen LogP contribution in [0.2, 0.25) is 10.0 Å². The monoisotopic (exact) mass is 553 g/mol. The van der Waals surface area contributed by atoms with Crippen molar-refractivity contribution in [2.75, 3.05) is 5.75 Å². The Bertz CT molecular complexity index is 1220. The Hall–Kier alpha value is -2.09. The fourth-order valence-electron chi connectivity index (χ4n) is 5.50. The molecule has 0 aliphatic carbocycles. The van der Waals surface area contributed by atoms with Crippen LogP contribution in [0.5, 0.6) is 0 Å². The molecule has 1 amide bonds. The molecule has 1 aliphatic rings. The molecule has 1 heterocycles. The number of hydrogen-bond acceptors (Lipinski definition) is 4. The third-order valence-electron chi connectivity index (χ3n) is 7.42. The number of rotatable bonds is 9. The molecule has 196 valence electrons. The molecule has 1 aliphatic heterocycles. The fraction of sp³-hybridized carbons (Fsp3) is 0.481. The van der Waals surface area contributed by atoms with Crippen molar-refractivity contribution >= 4 is 44.9 Å². The number of likely N-dealkylation sites (tertiary alicyclic amines) is 1. The zero-order valence-corrected chi connectivity index (χ0v) is 23.3. The Morgan fingerprint density at radius 1 is 1.11 bits per heavy atom. The number of benzene rings is 2. The predicted octanol–water partition coefficient (Wildman–Crippen LogP) is 6.13. The van der Waals surface area contributed by atoms with Gasteiger partial charge in [-0.15, -0.1) is 0 Å². The van der Waals surface area contributed by atoms with Gasteiger partial charge in [0.15, 0.2) is 9.84 Å². The highest BCUT2D eigenvalue weighted by Gasteiger charge is 2.53. The van der Waals surface area contributed by atoms with Gasteiger partial charge in [-0.05, 0) is 55.2 Å². The molecule has 36 heavy (non-hydrogen) atoms. The van der Waals surface area contributed by atoms with Crippen molar-refractivity contribution in [3.8, 4) is 0 Å². The quantitative estimate of drug-likeness (QED) is 0.403. The lowest BCUT2D eigenvalue weighted by Gasteiger charge is -2.52. The van der Waals surface area contributed by atoms with Crippen LogP contribution in [0, 0.1) is 5.41 Å². The van der Waals surface area contributed by atoms with Gasteiger partial charge in [-0.2, -0.15) is 0 Å². The molecule has 0 saturated carbocycles. The smallest absolute Gasteiger partial charge is 0.304 e. The van der Waals surface area contributed by atoms with Crippen LogP contribution >= 0.6 is 23.2 Å². The van der Waals surface area contributed by atoms with Gasteiger partial charge in [0, 0.05) is 27.8 Å². The molecule has 1 saturated heterocycles. The topological polar surface area (TPSA) is 91.8 Å². The molecule has 0 spiro atoms. The lowest BCUT2D eigenvalue weighted by atomic mass is 9.67. The first kappa shape index (κ1) is 28.5. The number of nitrogens with zero attached hydrogens (tertiary/aromatic N) is 1. The van der Waals surface area contributed by atoms with E-state index in [1.165, 1.54) is 0 Å². The first-order valence-electron chi connectivity index (χ1n) is 12.1. The van der Waals surface area contributed by atoms with E-state index in [-0.39, 0.29) is 30.4 Å². The minimum absolute atomic E-state index is 0.0532. The van der Waals surface area contributed by atoms with Crippen LogP contribution in [-0.2, 0) is 19.4 Å². The molecule has 1 N–H and O–H groups in total. The Morgan fingerprint density at radius 2 is 1.75 bits per heavy atom. The maximum absolute atomic E-state index is 14.2. The molecule has 3 rings (SSSR count). The van der Waals surface area contributed by atoms with E-state index in [0.717, 1.165) is 11.1 Å². The summed E-state index contributed by atoms with van der Waals surface area (Å²) >= 11 is 12.5. The summed E-state index contributed by atoms with van der Waals surface area (Å²) in [6.45, 7) is 6.75. The van der Waals surface area contributed by atoms with Crippen molar-refractivity contribution < 1.29 is 23.1 Å². The summed E-state index contributed by atoms with van der Waals surface area (Å²) in [6, 6.07) is 13.3. The van der Waals surface area contributed by atoms with Gasteiger partial charge >= 0.3 is 5.97 Å². The van der Waals surface area contributed by atoms with Crippen LogP contribution in [-0.4, -0.2) is 47.3 Å². The predicted molar refractivity (Wildman–Crippen MR) is 143 cm³/mol. The van der Waals surface area contributed by atoms with Crippen LogP contribution in [0.4, 0.5) is 0 Å². The summed E-state index contributed by atoms with van der Waals surface area (Å²) in [5, 5.41) is 9.95. The summed E-state index contributed by atoms with van der Waals surface area (Å²) in [6.07, 6.45) is 0.299. The molecule has 0 unspecified atom stereocenters. The van der Waals surface area contributed by atoms with Crippen molar-refractivity contribution in [2.45, 2.75) is 70.2 Å². The van der Waals surface area contributed by atoms with Crippen LogP contribution in [0.1, 0.15) is 70.0 Å². The standard InChI is InChI=1S/C27H33Cl2NO5S/c1-5-23(17(3)36(34,35)6-2)30-25(18-10-12-20(28)13-11-18)22(19-8-7-9-21(29)14-19)15-27(4,26(30)33)16-24(31)32/h7-14,17,22-23,25H,5-6,15-16H2,1-4H3,(H,31,32)/t17-,22-,23+,25-,27+/m1/s1. The second-order valence-corrected chi connectivity index (χ2v) is 13.4. The number of carboxylic acids is 1. The number of sulfone groups is 1. The molecule has 2 aromatic carbocycles. The molecule has 0 bridgehead atoms. The third-order valence-corrected chi connectivity index (χ3v) is 10.2. The maximum atomic E-state index is 14.2. The molecule has 2 aromatic rings. The summed E-state index contributed by atoms with van der Waals surface area (Å²) in [5.41, 5.74) is 0.428. The highest BCUT2D eigenvalue weighted by Crippen LogP contribution is 2.52. The average molecular weight is 555 g/mol. The Morgan fingerprint density at radius 3 is 2.28 bits per heavy atom. The number of aliphatic carboxylic acids is 1. The zero-order chi connectivity index (χ0) is 26.8. The van der Waals surface area contributed by atoms with Crippen LogP contribution in [0.25, 0.3) is 0 Å². The van der Waals surface area contributed by atoms with Gasteiger partial charge in [0.25, 0.3) is 0 Å². The van der Waals surface area contributed by atoms with Gasteiger partial charge in [0.1, 0.15) is 0 Å². The minimum Gasteiger partial charge on any atom is -0.481 e. The van der Waals surface area contributed by atoms with Gasteiger partial charge in [0.2, 0.25) is 5.91 Å². The van der Waals surface area contributed by atoms with E-state index in [1.54, 1.807) is 43.9 Å². The largest absolute Gasteiger partial charge is 0.481 e. The van der Waals surface area contributed by atoms with E-state index < -0.39 is 38.6 Å². The Balaban J connectivity index is 2.30. The number of piperidine rings is 1. The average Bonchev–Trinajstić information content (AvgIpc) is 2.82. The van der Waals surface area contributed by atoms with E-state index >= 15 is 0 Å². The van der Waals surface area contributed by atoms with Gasteiger partial charge in [-0.25, -0.2) is 8.42 Å². The number of amides is 1. The number of hydrogen-bond donors (Lipinski definition) is 1. The summed E-state index contributed by atoms with van der Waals surface area (Å²) < 4.78 is 26.0. The number of carbonyl (C=O) groups is 2. The second-order valence-electron chi connectivity index (χ2n) is 9.84. The number of carboxylic acid groups (broad SMARTS) is 1. The molecule has 1 fully saturated rings. The van der Waals surface area contributed by atoms with Crippen LogP contribution in [0.15, 0.2) is 48.5 Å². The molecular formula is C27H33Cl2NO5S. The number of carbonyl (C=O) groups excluding carboxylic acids is 1. The third kappa shape index (κ3) is 5.74. The first-order chi connectivity index (χ1) is 16.8. The first-order valence-corrected chi connectivity index (χ1v) is 14.6. The van der Waals surface area contributed by atoms with Crippen molar-refractivity contribution in [1.82, 2.24) is 4.90 Å². The molecule has 9 heteroatoms. The van der Waals surface area contributed by atoms with E-state index in [2.05, 4.69) is 0 Å². The van der Waals surface area contributed by atoms with E-state index in [0.29, 0.717) is 16.5 Å². The van der Waals surface area contributed by atoms with Crippen LogP contribution in [0.3, 0.4) is 0 Å². The van der Waals surface area contributed by atoms with Crippen molar-refractivity contribution in [1.29, 1.82) is 0 Å². The van der Waals surface area contributed by atoms with Crippen molar-refractivity contribution in [2.24, 2.45) is 5.41 Å². The van der Waals surface area contributed by atoms with Crippen molar-refractivity contribution in [3.05, 3.63) is 69.7 Å². The Labute approximate surface area is 223 Å². The summed E-state index contributed by atoms with van der Waals surface area (Å²) in [4.78, 5) is 27.8. The van der Waals surface area contributed by atoms with E-state index in [4.69, 9.17) is 23.2 Å². The highest BCUT2D eigenvalue weighted by atomic mass is 35.5. The summed E-state index contributed by atoms with van der Waals surface area (Å²) in [5.74, 6) is -1.81. The fourth-order valence-corrected chi connectivity index (χ4v) is 7.15. The van der Waals surface area contributed by atoms with Gasteiger partial charge in [-0.3, -0.25) is 9.59 Å². The van der Waals surface area contributed by atoms with Crippen molar-refractivity contribution in [3.63, 3.8) is 0 Å². The molecule has 0 radical (unpaired) electrons. The Kier molecular flexibility index (Phi) is 8.79. The molecule has 5 atom stereocenters. The highest BCUT2D eigenvalue weighted by molar-refractivity contribution is 7.92. The molecular weight excluding hydrogens is 521 g/mol. The molecule has 0 aromatic heterocycles. The van der Waals surface area contributed by atoms with Gasteiger partial charge < -0.3 is 10.0 Å².